The summed E-state index contributed by atoms with van der Waals surface area (Å²) in [6, 6.07) is 1.05. The lowest BCUT2D eigenvalue weighted by Gasteiger charge is -2.11. The number of carbonyl (C=O) groups excluding carboxylic acids is 1. The van der Waals surface area contributed by atoms with Crippen LogP contribution in [-0.4, -0.2) is 11.3 Å². The van der Waals surface area contributed by atoms with E-state index in [1.165, 1.54) is 6.20 Å². The third kappa shape index (κ3) is 3.58. The number of carbonyl (C=O) groups is 1. The number of anilines is 1. The number of aromatic nitrogens is 1. The first kappa shape index (κ1) is 14.2. The number of nitrogens with zero attached hydrogens (tertiary/aromatic N) is 1. The van der Waals surface area contributed by atoms with E-state index in [0.717, 1.165) is 12.3 Å². The first-order valence-corrected chi connectivity index (χ1v) is 5.33. The number of aldehydes is 1. The van der Waals surface area contributed by atoms with Gasteiger partial charge in [0.05, 0.1) is 5.56 Å². The number of aryl methyl sites for hydroxylation is 1. The summed E-state index contributed by atoms with van der Waals surface area (Å²) in [5.74, 6) is 0.326. The van der Waals surface area contributed by atoms with Crippen LogP contribution >= 0.6 is 0 Å². The van der Waals surface area contributed by atoms with E-state index in [-0.39, 0.29) is 0 Å². The molecule has 0 atom stereocenters. The molecule has 1 heterocycles. The lowest BCUT2D eigenvalue weighted by atomic mass is 10.1. The third-order valence-electron chi connectivity index (χ3n) is 2.30. The summed E-state index contributed by atoms with van der Waals surface area (Å²) in [5.41, 5.74) is 0.0968. The molecule has 0 aliphatic rings. The number of halogens is 3. The van der Waals surface area contributed by atoms with E-state index < -0.39 is 11.7 Å². The summed E-state index contributed by atoms with van der Waals surface area (Å²) >= 11 is 0. The molecule has 1 aromatic heterocycles. The van der Waals surface area contributed by atoms with Gasteiger partial charge in [-0.3, -0.25) is 4.79 Å². The fourth-order valence-corrected chi connectivity index (χ4v) is 1.28. The minimum atomic E-state index is -4.40. The second-order valence-electron chi connectivity index (χ2n) is 3.73. The van der Waals surface area contributed by atoms with Crippen molar-refractivity contribution >= 4 is 12.1 Å². The third-order valence-corrected chi connectivity index (χ3v) is 2.30. The van der Waals surface area contributed by atoms with E-state index in [0.29, 0.717) is 29.7 Å². The summed E-state index contributed by atoms with van der Waals surface area (Å²) < 4.78 is 37.5. The minimum Gasteiger partial charge on any atom is -0.346 e. The maximum atomic E-state index is 12.5. The highest BCUT2D eigenvalue weighted by molar-refractivity contribution is 5.73. The summed E-state index contributed by atoms with van der Waals surface area (Å²) in [7, 11) is 0. The molecular formula is C12H13F3N2O. The Hall–Kier alpha value is -1.85. The number of hydrogen-bond acceptors (Lipinski definition) is 3. The van der Waals surface area contributed by atoms with Crippen molar-refractivity contribution in [2.45, 2.75) is 26.4 Å². The van der Waals surface area contributed by atoms with E-state index in [1.54, 1.807) is 13.8 Å². The molecule has 1 N–H and O–H groups in total. The molecule has 6 heteroatoms. The maximum absolute atomic E-state index is 12.5. The van der Waals surface area contributed by atoms with Crippen molar-refractivity contribution in [3.8, 4) is 0 Å². The number of nitrogens with one attached hydrogen (secondary N) is 1. The van der Waals surface area contributed by atoms with Crippen LogP contribution in [0.2, 0.25) is 0 Å². The number of pyridine rings is 1. The van der Waals surface area contributed by atoms with Gasteiger partial charge in [0.15, 0.2) is 0 Å². The fraction of sp³-hybridized carbons (Fsp3) is 0.333. The first-order valence-electron chi connectivity index (χ1n) is 5.33. The van der Waals surface area contributed by atoms with Gasteiger partial charge in [0, 0.05) is 18.0 Å². The highest BCUT2D eigenvalue weighted by atomic mass is 19.4. The van der Waals surface area contributed by atoms with Crippen molar-refractivity contribution in [3.63, 3.8) is 0 Å². The van der Waals surface area contributed by atoms with Crippen LogP contribution in [0.1, 0.15) is 25.0 Å². The van der Waals surface area contributed by atoms with Gasteiger partial charge in [-0.2, -0.15) is 13.2 Å². The quantitative estimate of drug-likeness (QED) is 0.666. The predicted molar refractivity (Wildman–Crippen MR) is 62.1 cm³/mol. The molecule has 0 spiro atoms. The molecule has 1 aromatic rings. The highest BCUT2D eigenvalue weighted by Crippen LogP contribution is 2.30. The Balaban J connectivity index is 3.04. The zero-order chi connectivity index (χ0) is 13.8. The molecule has 98 valence electrons. The Morgan fingerprint density at radius 3 is 2.67 bits per heavy atom. The molecular weight excluding hydrogens is 245 g/mol. The van der Waals surface area contributed by atoms with E-state index >= 15 is 0 Å². The van der Waals surface area contributed by atoms with Crippen molar-refractivity contribution in [2.24, 2.45) is 0 Å². The molecule has 0 aromatic carbocycles. The Kier molecular flexibility index (Phi) is 4.47. The van der Waals surface area contributed by atoms with Crippen LogP contribution in [0.25, 0.3) is 0 Å². The average molecular weight is 258 g/mol. The predicted octanol–water partition coefficient (Wildman–Crippen LogP) is 3.18. The normalized spacial score (nSPS) is 12.4. The highest BCUT2D eigenvalue weighted by Gasteiger charge is 2.31. The molecule has 0 saturated heterocycles. The van der Waals surface area contributed by atoms with Gasteiger partial charge in [-0.15, -0.1) is 0 Å². The van der Waals surface area contributed by atoms with Crippen molar-refractivity contribution in [2.75, 3.05) is 5.32 Å². The largest absolute Gasteiger partial charge is 0.417 e. The zero-order valence-electron chi connectivity index (χ0n) is 10.0. The minimum absolute atomic E-state index is 0.326. The molecule has 3 nitrogen and oxygen atoms in total. The van der Waals surface area contributed by atoms with Crippen LogP contribution in [-0.2, 0) is 17.4 Å². The van der Waals surface area contributed by atoms with Crippen LogP contribution in [0, 0.1) is 0 Å². The Bertz CT molecular complexity index is 467. The van der Waals surface area contributed by atoms with Crippen LogP contribution in [0.4, 0.5) is 19.0 Å². The zero-order valence-corrected chi connectivity index (χ0v) is 10.0. The van der Waals surface area contributed by atoms with Crippen LogP contribution in [0.3, 0.4) is 0 Å². The summed E-state index contributed by atoms with van der Waals surface area (Å²) in [4.78, 5) is 14.1. The van der Waals surface area contributed by atoms with Gasteiger partial charge < -0.3 is 5.32 Å². The smallest absolute Gasteiger partial charge is 0.346 e. The topological polar surface area (TPSA) is 42.0 Å². The molecule has 0 radical (unpaired) electrons. The number of hydrogen-bond donors (Lipinski definition) is 1. The van der Waals surface area contributed by atoms with Crippen LogP contribution < -0.4 is 5.32 Å². The Labute approximate surface area is 103 Å². The van der Waals surface area contributed by atoms with E-state index in [2.05, 4.69) is 10.3 Å². The molecule has 0 aliphatic carbocycles. The lowest BCUT2D eigenvalue weighted by Crippen LogP contribution is -2.08. The van der Waals surface area contributed by atoms with Crippen LogP contribution in [0.15, 0.2) is 24.0 Å². The van der Waals surface area contributed by atoms with Crippen LogP contribution in [0.5, 0.6) is 0 Å². The van der Waals surface area contributed by atoms with Gasteiger partial charge in [-0.05, 0) is 25.0 Å². The second-order valence-corrected chi connectivity index (χ2v) is 3.73. The van der Waals surface area contributed by atoms with Crippen molar-refractivity contribution in [1.82, 2.24) is 4.98 Å². The standard InChI is InChI=1S/C12H13F3N2O/c1-3-9-4-10(12(13,14)15)6-17-11(9)16-5-8(2)7-18/h4-7H,3H2,1-2H3,(H,16,17)/b8-5+. The van der Waals surface area contributed by atoms with Crippen molar-refractivity contribution in [1.29, 1.82) is 0 Å². The molecule has 0 fully saturated rings. The summed E-state index contributed by atoms with van der Waals surface area (Å²) in [6.07, 6.45) is -1.17. The average Bonchev–Trinajstić information content (AvgIpc) is 2.34. The monoisotopic (exact) mass is 258 g/mol. The van der Waals surface area contributed by atoms with Gasteiger partial charge in [-0.1, -0.05) is 6.92 Å². The molecule has 0 amide bonds. The molecule has 0 bridgehead atoms. The van der Waals surface area contributed by atoms with Gasteiger partial charge in [-0.25, -0.2) is 4.98 Å². The van der Waals surface area contributed by atoms with E-state index in [9.17, 15) is 18.0 Å². The summed E-state index contributed by atoms with van der Waals surface area (Å²) in [5, 5.41) is 2.72. The maximum Gasteiger partial charge on any atom is 0.417 e. The van der Waals surface area contributed by atoms with Gasteiger partial charge in [0.25, 0.3) is 0 Å². The molecule has 0 saturated carbocycles. The van der Waals surface area contributed by atoms with Crippen molar-refractivity contribution < 1.29 is 18.0 Å². The summed E-state index contributed by atoms with van der Waals surface area (Å²) in [6.45, 7) is 3.31. The first-order chi connectivity index (χ1) is 8.38. The van der Waals surface area contributed by atoms with Gasteiger partial charge in [0.2, 0.25) is 0 Å². The van der Waals surface area contributed by atoms with Crippen molar-refractivity contribution in [3.05, 3.63) is 35.2 Å². The Morgan fingerprint density at radius 1 is 1.50 bits per heavy atom. The van der Waals surface area contributed by atoms with Gasteiger partial charge >= 0.3 is 6.18 Å². The number of rotatable bonds is 4. The fourth-order valence-electron chi connectivity index (χ4n) is 1.28. The second kappa shape index (κ2) is 5.66. The lowest BCUT2D eigenvalue weighted by molar-refractivity contribution is -0.137. The number of alkyl halides is 3. The van der Waals surface area contributed by atoms with E-state index in [4.69, 9.17) is 0 Å². The molecule has 1 rings (SSSR count). The number of allylic oxidation sites excluding steroid dienone is 1. The molecule has 0 unspecified atom stereocenters. The Morgan fingerprint density at radius 2 is 2.17 bits per heavy atom. The SMILES string of the molecule is CCc1cc(C(F)(F)F)cnc1N/C=C(\C)C=O. The molecule has 0 aliphatic heterocycles. The molecule has 18 heavy (non-hydrogen) atoms. The van der Waals surface area contributed by atoms with Gasteiger partial charge in [0.1, 0.15) is 12.1 Å². The van der Waals surface area contributed by atoms with E-state index in [1.807, 2.05) is 0 Å².